The summed E-state index contributed by atoms with van der Waals surface area (Å²) in [6.07, 6.45) is -0.833. The summed E-state index contributed by atoms with van der Waals surface area (Å²) in [4.78, 5) is 50.2. The second-order valence-electron chi connectivity index (χ2n) is 7.88. The zero-order chi connectivity index (χ0) is 24.5. The van der Waals surface area contributed by atoms with Crippen LogP contribution in [0.1, 0.15) is 37.9 Å². The number of phenols is 1. The van der Waals surface area contributed by atoms with Crippen molar-refractivity contribution in [2.45, 2.75) is 39.3 Å². The van der Waals surface area contributed by atoms with E-state index in [-0.39, 0.29) is 17.9 Å². The maximum absolute atomic E-state index is 13.0. The predicted molar refractivity (Wildman–Crippen MR) is 114 cm³/mol. The number of aliphatic hydroxyl groups excluding tert-OH is 1. The lowest BCUT2D eigenvalue weighted by molar-refractivity contribution is -0.144. The highest BCUT2D eigenvalue weighted by atomic mass is 16.6. The third-order valence-corrected chi connectivity index (χ3v) is 4.20. The second-order valence-corrected chi connectivity index (χ2v) is 7.88. The van der Waals surface area contributed by atoms with Crippen molar-refractivity contribution in [3.05, 3.63) is 29.3 Å². The number of aromatic hydroxyl groups is 1. The van der Waals surface area contributed by atoms with Crippen molar-refractivity contribution in [2.75, 3.05) is 33.4 Å². The molecule has 0 heterocycles. The molecule has 11 heteroatoms. The normalized spacial score (nSPS) is 11.8. The van der Waals surface area contributed by atoms with Gasteiger partial charge in [-0.25, -0.2) is 4.79 Å². The van der Waals surface area contributed by atoms with Crippen LogP contribution < -0.4 is 10.6 Å². The van der Waals surface area contributed by atoms with Gasteiger partial charge in [0, 0.05) is 12.1 Å². The first-order valence-corrected chi connectivity index (χ1v) is 9.91. The van der Waals surface area contributed by atoms with Crippen LogP contribution in [0.3, 0.4) is 0 Å². The summed E-state index contributed by atoms with van der Waals surface area (Å²) in [6.45, 7) is 4.84. The number of carbonyl (C=O) groups is 4. The Hall–Kier alpha value is -3.34. The molecule has 0 bridgehead atoms. The summed E-state index contributed by atoms with van der Waals surface area (Å²) in [5, 5.41) is 24.7. The van der Waals surface area contributed by atoms with E-state index in [9.17, 15) is 29.4 Å². The van der Waals surface area contributed by atoms with Crippen LogP contribution in [-0.4, -0.2) is 77.9 Å². The standard InChI is InChI=1S/C21H31N3O8/c1-13-7-6-8-14(18(13)28)17(19(29)22-12-16(27)31-5)24(9-10-25)15(26)11-23-20(30)32-21(2,3)4/h6-8,17,25,28H,9-12H2,1-5H3,(H,22,29)(H,23,30). The van der Waals surface area contributed by atoms with Crippen LogP contribution in [0, 0.1) is 6.92 Å². The number of methoxy groups -OCH3 is 1. The number of para-hydroxylation sites is 1. The predicted octanol–water partition coefficient (Wildman–Crippen LogP) is 0.377. The van der Waals surface area contributed by atoms with E-state index >= 15 is 0 Å². The number of hydrogen-bond donors (Lipinski definition) is 4. The zero-order valence-corrected chi connectivity index (χ0v) is 18.9. The summed E-state index contributed by atoms with van der Waals surface area (Å²) >= 11 is 0. The van der Waals surface area contributed by atoms with E-state index in [4.69, 9.17) is 4.74 Å². The summed E-state index contributed by atoms with van der Waals surface area (Å²) in [5.41, 5.74) is -0.232. The number of esters is 1. The molecule has 0 fully saturated rings. The SMILES string of the molecule is COC(=O)CNC(=O)C(c1cccc(C)c1O)N(CCO)C(=O)CNC(=O)OC(C)(C)C. The smallest absolute Gasteiger partial charge is 0.408 e. The van der Waals surface area contributed by atoms with Gasteiger partial charge < -0.3 is 35.2 Å². The number of benzene rings is 1. The quantitative estimate of drug-likeness (QED) is 0.391. The molecular formula is C21H31N3O8. The molecule has 1 aromatic rings. The minimum Gasteiger partial charge on any atom is -0.507 e. The van der Waals surface area contributed by atoms with Crippen molar-refractivity contribution in [3.63, 3.8) is 0 Å². The van der Waals surface area contributed by atoms with Crippen molar-refractivity contribution in [1.29, 1.82) is 0 Å². The fourth-order valence-electron chi connectivity index (χ4n) is 2.75. The molecule has 0 aliphatic heterocycles. The van der Waals surface area contributed by atoms with Crippen LogP contribution in [0.4, 0.5) is 4.79 Å². The van der Waals surface area contributed by atoms with Crippen LogP contribution in [0.15, 0.2) is 18.2 Å². The van der Waals surface area contributed by atoms with E-state index in [1.165, 1.54) is 6.07 Å². The first kappa shape index (κ1) is 26.7. The first-order valence-electron chi connectivity index (χ1n) is 9.91. The number of carbonyl (C=O) groups excluding carboxylic acids is 4. The van der Waals surface area contributed by atoms with Gasteiger partial charge in [0.15, 0.2) is 0 Å². The molecule has 0 aliphatic carbocycles. The molecule has 32 heavy (non-hydrogen) atoms. The van der Waals surface area contributed by atoms with Gasteiger partial charge >= 0.3 is 12.1 Å². The average Bonchev–Trinajstić information content (AvgIpc) is 2.71. The Bertz CT molecular complexity index is 835. The Balaban J connectivity index is 3.21. The van der Waals surface area contributed by atoms with Gasteiger partial charge in [0.25, 0.3) is 0 Å². The van der Waals surface area contributed by atoms with Gasteiger partial charge in [0.2, 0.25) is 11.8 Å². The maximum atomic E-state index is 13.0. The third-order valence-electron chi connectivity index (χ3n) is 4.20. The molecule has 4 N–H and O–H groups in total. The Morgan fingerprint density at radius 1 is 1.12 bits per heavy atom. The van der Waals surface area contributed by atoms with Gasteiger partial charge in [-0.1, -0.05) is 18.2 Å². The number of hydrogen-bond acceptors (Lipinski definition) is 8. The largest absolute Gasteiger partial charge is 0.507 e. The molecule has 0 aliphatic rings. The number of nitrogens with zero attached hydrogens (tertiary/aromatic N) is 1. The summed E-state index contributed by atoms with van der Waals surface area (Å²) in [6, 6.07) is 3.26. The van der Waals surface area contributed by atoms with Crippen LogP contribution in [0.2, 0.25) is 0 Å². The van der Waals surface area contributed by atoms with E-state index in [1.807, 2.05) is 0 Å². The minimum absolute atomic E-state index is 0.0893. The Kier molecular flexibility index (Phi) is 9.92. The molecule has 1 rings (SSSR count). The Morgan fingerprint density at radius 3 is 2.34 bits per heavy atom. The number of ether oxygens (including phenoxy) is 2. The molecule has 3 amide bonds. The Morgan fingerprint density at radius 2 is 1.78 bits per heavy atom. The van der Waals surface area contributed by atoms with Gasteiger partial charge in [0.1, 0.15) is 30.5 Å². The molecule has 0 saturated carbocycles. The third kappa shape index (κ3) is 8.06. The Labute approximate surface area is 186 Å². The van der Waals surface area contributed by atoms with Gasteiger partial charge in [-0.15, -0.1) is 0 Å². The highest BCUT2D eigenvalue weighted by Gasteiger charge is 2.34. The van der Waals surface area contributed by atoms with E-state index in [1.54, 1.807) is 39.8 Å². The van der Waals surface area contributed by atoms with Crippen LogP contribution in [0.5, 0.6) is 5.75 Å². The molecule has 0 spiro atoms. The molecule has 1 aromatic carbocycles. The maximum Gasteiger partial charge on any atom is 0.408 e. The summed E-state index contributed by atoms with van der Waals surface area (Å²) in [7, 11) is 1.16. The molecule has 178 valence electrons. The van der Waals surface area contributed by atoms with Crippen LogP contribution in [0.25, 0.3) is 0 Å². The van der Waals surface area contributed by atoms with E-state index in [0.717, 1.165) is 12.0 Å². The van der Waals surface area contributed by atoms with E-state index < -0.39 is 55.2 Å². The topological polar surface area (TPSA) is 154 Å². The molecule has 0 radical (unpaired) electrons. The fraction of sp³-hybridized carbons (Fsp3) is 0.524. The highest BCUT2D eigenvalue weighted by Crippen LogP contribution is 2.31. The minimum atomic E-state index is -1.39. The molecule has 1 atom stereocenters. The van der Waals surface area contributed by atoms with Crippen LogP contribution >= 0.6 is 0 Å². The van der Waals surface area contributed by atoms with E-state index in [2.05, 4.69) is 15.4 Å². The molecule has 0 saturated heterocycles. The molecule has 11 nitrogen and oxygen atoms in total. The summed E-state index contributed by atoms with van der Waals surface area (Å²) in [5.74, 6) is -2.43. The lowest BCUT2D eigenvalue weighted by Crippen LogP contribution is -2.49. The fourth-order valence-corrected chi connectivity index (χ4v) is 2.75. The first-order chi connectivity index (χ1) is 14.9. The van der Waals surface area contributed by atoms with Crippen molar-refractivity contribution < 1.29 is 38.9 Å². The number of rotatable bonds is 9. The molecular weight excluding hydrogens is 422 g/mol. The molecule has 0 aromatic heterocycles. The number of aliphatic hydroxyl groups is 1. The number of alkyl carbamates (subject to hydrolysis) is 1. The average molecular weight is 453 g/mol. The van der Waals surface area contributed by atoms with E-state index in [0.29, 0.717) is 5.56 Å². The summed E-state index contributed by atoms with van der Waals surface area (Å²) < 4.78 is 9.60. The zero-order valence-electron chi connectivity index (χ0n) is 18.9. The van der Waals surface area contributed by atoms with Crippen molar-refractivity contribution in [2.24, 2.45) is 0 Å². The number of nitrogens with one attached hydrogen (secondary N) is 2. The van der Waals surface area contributed by atoms with Crippen LogP contribution in [-0.2, 0) is 23.9 Å². The number of aryl methyl sites for hydroxylation is 1. The van der Waals surface area contributed by atoms with Gasteiger partial charge in [0.05, 0.1) is 13.7 Å². The van der Waals surface area contributed by atoms with Crippen molar-refractivity contribution in [1.82, 2.24) is 15.5 Å². The molecule has 1 unspecified atom stereocenters. The lowest BCUT2D eigenvalue weighted by Gasteiger charge is -2.31. The van der Waals surface area contributed by atoms with Crippen molar-refractivity contribution in [3.8, 4) is 5.75 Å². The monoisotopic (exact) mass is 453 g/mol. The second kappa shape index (κ2) is 11.9. The van der Waals surface area contributed by atoms with Gasteiger partial charge in [-0.2, -0.15) is 0 Å². The van der Waals surface area contributed by atoms with Crippen molar-refractivity contribution >= 4 is 23.9 Å². The lowest BCUT2D eigenvalue weighted by atomic mass is 10.00. The van der Waals surface area contributed by atoms with Gasteiger partial charge in [-0.05, 0) is 33.3 Å². The number of amides is 3. The highest BCUT2D eigenvalue weighted by molar-refractivity contribution is 5.92. The number of phenolic OH excluding ortho intramolecular Hbond substituents is 1. The van der Waals surface area contributed by atoms with Gasteiger partial charge in [-0.3, -0.25) is 14.4 Å².